The molecule has 0 unspecified atom stereocenters. The summed E-state index contributed by atoms with van der Waals surface area (Å²) in [6.07, 6.45) is 0.809. The molecule has 0 amide bonds. The Morgan fingerprint density at radius 1 is 1.31 bits per heavy atom. The zero-order chi connectivity index (χ0) is 12.0. The molecule has 0 aliphatic rings. The summed E-state index contributed by atoms with van der Waals surface area (Å²) in [5, 5.41) is 4.31. The van der Waals surface area contributed by atoms with E-state index < -0.39 is 0 Å². The van der Waals surface area contributed by atoms with Gasteiger partial charge in [0, 0.05) is 19.2 Å². The molecule has 0 aliphatic heterocycles. The Kier molecular flexibility index (Phi) is 4.50. The molecule has 1 aromatic carbocycles. The topological polar surface area (TPSA) is 33.6 Å². The normalized spacial score (nSPS) is 12.6. The van der Waals surface area contributed by atoms with Crippen LogP contribution < -0.4 is 5.43 Å². The highest BCUT2D eigenvalue weighted by atomic mass is 16.5. The molecular weight excluding hydrogens is 200 g/mol. The molecule has 0 aromatic heterocycles. The van der Waals surface area contributed by atoms with Crippen LogP contribution in [0.3, 0.4) is 0 Å². The Morgan fingerprint density at radius 2 is 1.94 bits per heavy atom. The Labute approximate surface area is 97.5 Å². The van der Waals surface area contributed by atoms with E-state index in [4.69, 9.17) is 4.74 Å². The Bertz CT molecular complexity index is 344. The van der Waals surface area contributed by atoms with E-state index in [2.05, 4.69) is 24.4 Å². The largest absolute Gasteiger partial charge is 0.378 e. The van der Waals surface area contributed by atoms with Crippen molar-refractivity contribution in [1.29, 1.82) is 0 Å². The predicted octanol–water partition coefficient (Wildman–Crippen LogP) is 3.29. The van der Waals surface area contributed by atoms with Gasteiger partial charge in [0.05, 0.1) is 11.3 Å². The van der Waals surface area contributed by atoms with Gasteiger partial charge in [-0.1, -0.05) is 18.2 Å². The summed E-state index contributed by atoms with van der Waals surface area (Å²) in [5.74, 6) is 0. The molecule has 0 atom stereocenters. The molecule has 0 heterocycles. The van der Waals surface area contributed by atoms with Crippen molar-refractivity contribution < 1.29 is 4.74 Å². The minimum atomic E-state index is -0.161. The molecule has 1 N–H and O–H groups in total. The van der Waals surface area contributed by atoms with Crippen molar-refractivity contribution >= 4 is 11.4 Å². The van der Waals surface area contributed by atoms with E-state index in [1.54, 1.807) is 7.11 Å². The average Bonchev–Trinajstić information content (AvgIpc) is 2.27. The lowest BCUT2D eigenvalue weighted by Crippen LogP contribution is -2.25. The van der Waals surface area contributed by atoms with Crippen molar-refractivity contribution in [2.75, 3.05) is 12.5 Å². The molecule has 0 saturated heterocycles. The Hall–Kier alpha value is -1.35. The minimum absolute atomic E-state index is 0.161. The fourth-order valence-corrected chi connectivity index (χ4v) is 1.40. The van der Waals surface area contributed by atoms with Crippen LogP contribution >= 0.6 is 0 Å². The molecule has 0 spiro atoms. The van der Waals surface area contributed by atoms with Crippen molar-refractivity contribution in [2.24, 2.45) is 5.10 Å². The van der Waals surface area contributed by atoms with Gasteiger partial charge in [-0.25, -0.2) is 0 Å². The van der Waals surface area contributed by atoms with Crippen LogP contribution in [0.15, 0.2) is 35.4 Å². The number of rotatable bonds is 5. The Morgan fingerprint density at radius 3 is 2.50 bits per heavy atom. The van der Waals surface area contributed by atoms with Crippen molar-refractivity contribution in [3.63, 3.8) is 0 Å². The molecule has 16 heavy (non-hydrogen) atoms. The van der Waals surface area contributed by atoms with Crippen LogP contribution in [0, 0.1) is 0 Å². The molecule has 0 fully saturated rings. The van der Waals surface area contributed by atoms with E-state index in [0.717, 1.165) is 17.8 Å². The summed E-state index contributed by atoms with van der Waals surface area (Å²) in [4.78, 5) is 0. The highest BCUT2D eigenvalue weighted by Gasteiger charge is 2.17. The number of nitrogens with zero attached hydrogens (tertiary/aromatic N) is 1. The predicted molar refractivity (Wildman–Crippen MR) is 68.9 cm³/mol. The highest BCUT2D eigenvalue weighted by molar-refractivity contribution is 5.83. The van der Waals surface area contributed by atoms with Gasteiger partial charge in [-0.3, -0.25) is 5.43 Å². The van der Waals surface area contributed by atoms with Gasteiger partial charge < -0.3 is 4.74 Å². The minimum Gasteiger partial charge on any atom is -0.378 e. The summed E-state index contributed by atoms with van der Waals surface area (Å²) in [5.41, 5.74) is 4.88. The molecule has 1 aromatic rings. The van der Waals surface area contributed by atoms with Crippen molar-refractivity contribution in [3.05, 3.63) is 30.3 Å². The molecule has 0 radical (unpaired) electrons. The molecule has 88 valence electrons. The number of para-hydroxylation sites is 1. The van der Waals surface area contributed by atoms with E-state index in [1.165, 1.54) is 0 Å². The third-order valence-corrected chi connectivity index (χ3v) is 2.38. The number of ether oxygens (including phenoxy) is 1. The number of nitrogens with one attached hydrogen (secondary N) is 1. The fourth-order valence-electron chi connectivity index (χ4n) is 1.40. The first-order valence-electron chi connectivity index (χ1n) is 5.43. The second kappa shape index (κ2) is 5.66. The molecule has 0 bridgehead atoms. The first-order chi connectivity index (χ1) is 7.53. The first kappa shape index (κ1) is 12.7. The van der Waals surface area contributed by atoms with Crippen molar-refractivity contribution in [3.8, 4) is 0 Å². The van der Waals surface area contributed by atoms with Gasteiger partial charge in [-0.2, -0.15) is 5.10 Å². The van der Waals surface area contributed by atoms with E-state index in [1.807, 2.05) is 37.3 Å². The van der Waals surface area contributed by atoms with Crippen LogP contribution in [-0.4, -0.2) is 18.4 Å². The number of hydrazone groups is 1. The summed E-state index contributed by atoms with van der Waals surface area (Å²) in [6.45, 7) is 6.10. The zero-order valence-corrected chi connectivity index (χ0v) is 10.4. The van der Waals surface area contributed by atoms with Gasteiger partial charge in [-0.15, -0.1) is 0 Å². The number of anilines is 1. The zero-order valence-electron chi connectivity index (χ0n) is 10.4. The smallest absolute Gasteiger partial charge is 0.0675 e. The molecule has 0 saturated carbocycles. The van der Waals surface area contributed by atoms with Crippen LogP contribution in [0.4, 0.5) is 5.69 Å². The number of methoxy groups -OCH3 is 1. The lowest BCUT2D eigenvalue weighted by Gasteiger charge is -2.22. The number of hydrogen-bond donors (Lipinski definition) is 1. The van der Waals surface area contributed by atoms with Crippen LogP contribution in [-0.2, 0) is 4.74 Å². The molecule has 3 heteroatoms. The van der Waals surface area contributed by atoms with E-state index >= 15 is 0 Å². The first-order valence-corrected chi connectivity index (χ1v) is 5.43. The Balaban J connectivity index is 2.52. The van der Waals surface area contributed by atoms with Gasteiger partial charge in [0.1, 0.15) is 0 Å². The van der Waals surface area contributed by atoms with Crippen molar-refractivity contribution in [2.45, 2.75) is 32.8 Å². The van der Waals surface area contributed by atoms with Gasteiger partial charge in [0.2, 0.25) is 0 Å². The summed E-state index contributed by atoms with van der Waals surface area (Å²) in [7, 11) is 1.72. The van der Waals surface area contributed by atoms with Crippen molar-refractivity contribution in [1.82, 2.24) is 0 Å². The molecule has 0 aliphatic carbocycles. The van der Waals surface area contributed by atoms with E-state index in [0.29, 0.717) is 0 Å². The summed E-state index contributed by atoms with van der Waals surface area (Å²) >= 11 is 0. The standard InChI is InChI=1S/C13H20N2O/c1-11(10-13(2,3)16-4)14-15-12-8-6-5-7-9-12/h5-9,15H,10H2,1-4H3/b14-11+. The van der Waals surface area contributed by atoms with Gasteiger partial charge in [0.25, 0.3) is 0 Å². The van der Waals surface area contributed by atoms with E-state index in [9.17, 15) is 0 Å². The average molecular weight is 220 g/mol. The van der Waals surface area contributed by atoms with Gasteiger partial charge in [-0.05, 0) is 32.9 Å². The lowest BCUT2D eigenvalue weighted by atomic mass is 10.0. The second-order valence-corrected chi connectivity index (χ2v) is 4.47. The molecular formula is C13H20N2O. The van der Waals surface area contributed by atoms with E-state index in [-0.39, 0.29) is 5.60 Å². The van der Waals surface area contributed by atoms with Gasteiger partial charge >= 0.3 is 0 Å². The number of hydrogen-bond acceptors (Lipinski definition) is 3. The summed E-state index contributed by atoms with van der Waals surface area (Å²) in [6, 6.07) is 9.91. The second-order valence-electron chi connectivity index (χ2n) is 4.47. The molecule has 1 rings (SSSR count). The van der Waals surface area contributed by atoms with Crippen LogP contribution in [0.1, 0.15) is 27.2 Å². The number of benzene rings is 1. The monoisotopic (exact) mass is 220 g/mol. The maximum Gasteiger partial charge on any atom is 0.0675 e. The lowest BCUT2D eigenvalue weighted by molar-refractivity contribution is 0.0291. The third-order valence-electron chi connectivity index (χ3n) is 2.38. The quantitative estimate of drug-likeness (QED) is 0.610. The van der Waals surface area contributed by atoms with Gasteiger partial charge in [0.15, 0.2) is 0 Å². The highest BCUT2D eigenvalue weighted by Crippen LogP contribution is 2.14. The molecule has 3 nitrogen and oxygen atoms in total. The maximum absolute atomic E-state index is 5.35. The third kappa shape index (κ3) is 4.45. The maximum atomic E-state index is 5.35. The van der Waals surface area contributed by atoms with Crippen LogP contribution in [0.5, 0.6) is 0 Å². The fraction of sp³-hybridized carbons (Fsp3) is 0.462. The SMILES string of the molecule is COC(C)(C)C/C(C)=N/Nc1ccccc1. The van der Waals surface area contributed by atoms with Crippen LogP contribution in [0.25, 0.3) is 0 Å². The van der Waals surface area contributed by atoms with Crippen LogP contribution in [0.2, 0.25) is 0 Å². The summed E-state index contributed by atoms with van der Waals surface area (Å²) < 4.78 is 5.35.